The second kappa shape index (κ2) is 9.55. The van der Waals surface area contributed by atoms with E-state index in [0.29, 0.717) is 0 Å². The predicted molar refractivity (Wildman–Crippen MR) is 93.1 cm³/mol. The molecule has 1 aliphatic heterocycles. The van der Waals surface area contributed by atoms with Gasteiger partial charge in [-0.1, -0.05) is 18.2 Å². The van der Waals surface area contributed by atoms with Gasteiger partial charge in [-0.3, -0.25) is 0 Å². The van der Waals surface area contributed by atoms with E-state index in [9.17, 15) is 38.7 Å². The van der Waals surface area contributed by atoms with Crippen molar-refractivity contribution in [3.63, 3.8) is 0 Å². The van der Waals surface area contributed by atoms with Crippen molar-refractivity contribution in [3.8, 4) is 0 Å². The molecule has 0 bridgehead atoms. The highest BCUT2D eigenvalue weighted by atomic mass is 32.2. The van der Waals surface area contributed by atoms with Gasteiger partial charge in [0.1, 0.15) is 35.9 Å². The number of rotatable bonds is 8. The van der Waals surface area contributed by atoms with Crippen molar-refractivity contribution in [1.82, 2.24) is 0 Å². The lowest BCUT2D eigenvalue weighted by Crippen LogP contribution is -2.42. The summed E-state index contributed by atoms with van der Waals surface area (Å²) in [6.07, 6.45) is -9.00. The number of aliphatic hydroxyl groups is 5. The molecule has 2 unspecified atom stereocenters. The van der Waals surface area contributed by atoms with Crippen LogP contribution in [0.2, 0.25) is 0 Å². The molecule has 10 heteroatoms. The Bertz CT molecular complexity index is 602. The van der Waals surface area contributed by atoms with Crippen LogP contribution in [0.5, 0.6) is 0 Å². The van der Waals surface area contributed by atoms with Crippen molar-refractivity contribution in [1.29, 1.82) is 0 Å². The molecule has 0 amide bonds. The Morgan fingerprint density at radius 3 is 2.44 bits per heavy atom. The lowest BCUT2D eigenvalue weighted by Gasteiger charge is -2.23. The standard InChI is InChI=1S/C17H24F3O6S/c18-17(19,20)11-4-2-1-3-10(11)7-26-14(5-21)12(23)8-27-9-13(24)16(25)15(27)6-22/h1-4,12-16,21-25H,5-9H2/q+1/t12?,13-,14+,15-,16+,27?/m1/s1. The zero-order valence-electron chi connectivity index (χ0n) is 14.4. The number of hydrogen-bond acceptors (Lipinski definition) is 6. The summed E-state index contributed by atoms with van der Waals surface area (Å²) >= 11 is 0. The molecule has 0 aliphatic carbocycles. The number of halogens is 3. The Labute approximate surface area is 157 Å². The summed E-state index contributed by atoms with van der Waals surface area (Å²) < 4.78 is 44.4. The maximum absolute atomic E-state index is 13.0. The van der Waals surface area contributed by atoms with Crippen LogP contribution in [0.25, 0.3) is 0 Å². The molecule has 1 aromatic rings. The fraction of sp³-hybridized carbons (Fsp3) is 0.647. The second-order valence-electron chi connectivity index (χ2n) is 6.40. The van der Waals surface area contributed by atoms with Gasteiger partial charge in [-0.15, -0.1) is 0 Å². The maximum Gasteiger partial charge on any atom is 0.416 e. The Balaban J connectivity index is 1.99. The third kappa shape index (κ3) is 5.57. The molecule has 0 spiro atoms. The van der Waals surface area contributed by atoms with Crippen LogP contribution in [0, 0.1) is 0 Å². The van der Waals surface area contributed by atoms with Crippen LogP contribution in [0.15, 0.2) is 24.3 Å². The molecule has 0 radical (unpaired) electrons. The Morgan fingerprint density at radius 1 is 1.19 bits per heavy atom. The summed E-state index contributed by atoms with van der Waals surface area (Å²) in [6.45, 7) is -1.42. The largest absolute Gasteiger partial charge is 0.416 e. The monoisotopic (exact) mass is 413 g/mol. The van der Waals surface area contributed by atoms with Crippen LogP contribution >= 0.6 is 0 Å². The van der Waals surface area contributed by atoms with Gasteiger partial charge in [-0.25, -0.2) is 0 Å². The molecular formula is C17H24F3O6S+. The van der Waals surface area contributed by atoms with E-state index in [1.165, 1.54) is 18.2 Å². The first-order chi connectivity index (χ1) is 12.7. The molecule has 6 atom stereocenters. The SMILES string of the molecule is OC[C@H](OCc1ccccc1C(F)(F)F)C(O)C[S+]1C[C@@H](O)[C@H](O)[C@H]1CO. The molecule has 1 saturated heterocycles. The van der Waals surface area contributed by atoms with Crippen LogP contribution in [-0.2, 0) is 28.4 Å². The lowest BCUT2D eigenvalue weighted by molar-refractivity contribution is -0.139. The zero-order valence-corrected chi connectivity index (χ0v) is 15.2. The number of aliphatic hydroxyl groups excluding tert-OH is 5. The first kappa shape index (κ1) is 22.4. The van der Waals surface area contributed by atoms with Gasteiger partial charge in [0.15, 0.2) is 5.25 Å². The Hall–Kier alpha value is -0.880. The highest BCUT2D eigenvalue weighted by Gasteiger charge is 2.50. The minimum absolute atomic E-state index is 0.0471. The summed E-state index contributed by atoms with van der Waals surface area (Å²) in [5.74, 6) is 0.240. The summed E-state index contributed by atoms with van der Waals surface area (Å²) in [7, 11) is -0.715. The average molecular weight is 413 g/mol. The van der Waals surface area contributed by atoms with Gasteiger partial charge >= 0.3 is 6.18 Å². The smallest absolute Gasteiger partial charge is 0.394 e. The van der Waals surface area contributed by atoms with Gasteiger partial charge in [-0.2, -0.15) is 13.2 Å². The molecule has 1 fully saturated rings. The topological polar surface area (TPSA) is 110 Å². The van der Waals surface area contributed by atoms with E-state index in [2.05, 4.69) is 0 Å². The molecule has 1 aromatic carbocycles. The van der Waals surface area contributed by atoms with E-state index in [-0.39, 0.29) is 23.7 Å². The van der Waals surface area contributed by atoms with Gasteiger partial charge in [0.25, 0.3) is 0 Å². The lowest BCUT2D eigenvalue weighted by atomic mass is 10.1. The quantitative estimate of drug-likeness (QED) is 0.373. The molecule has 0 saturated carbocycles. The minimum atomic E-state index is -4.54. The second-order valence-corrected chi connectivity index (χ2v) is 8.75. The van der Waals surface area contributed by atoms with Crippen LogP contribution in [0.3, 0.4) is 0 Å². The summed E-state index contributed by atoms with van der Waals surface area (Å²) in [6, 6.07) is 4.89. The van der Waals surface area contributed by atoms with Crippen molar-refractivity contribution in [3.05, 3.63) is 35.4 Å². The van der Waals surface area contributed by atoms with Gasteiger partial charge in [0, 0.05) is 10.9 Å². The Kier molecular flexibility index (Phi) is 7.93. The number of ether oxygens (including phenoxy) is 1. The molecule has 154 valence electrons. The van der Waals surface area contributed by atoms with Crippen LogP contribution in [0.4, 0.5) is 13.2 Å². The molecule has 1 aliphatic rings. The van der Waals surface area contributed by atoms with Crippen molar-refractivity contribution in [2.24, 2.45) is 0 Å². The van der Waals surface area contributed by atoms with E-state index in [0.717, 1.165) is 6.07 Å². The summed E-state index contributed by atoms with van der Waals surface area (Å²) in [4.78, 5) is 0. The van der Waals surface area contributed by atoms with Crippen LogP contribution in [0.1, 0.15) is 11.1 Å². The fourth-order valence-electron chi connectivity index (χ4n) is 3.02. The van der Waals surface area contributed by atoms with Gasteiger partial charge < -0.3 is 30.3 Å². The first-order valence-corrected chi connectivity index (χ1v) is 10.0. The molecule has 5 N–H and O–H groups in total. The number of hydrogen-bond donors (Lipinski definition) is 5. The van der Waals surface area contributed by atoms with Crippen molar-refractivity contribution < 1.29 is 43.4 Å². The molecule has 1 heterocycles. The Morgan fingerprint density at radius 2 is 1.85 bits per heavy atom. The van der Waals surface area contributed by atoms with Gasteiger partial charge in [-0.05, 0) is 11.6 Å². The van der Waals surface area contributed by atoms with Crippen LogP contribution in [-0.4, -0.2) is 79.9 Å². The minimum Gasteiger partial charge on any atom is -0.394 e. The van der Waals surface area contributed by atoms with Crippen molar-refractivity contribution in [2.75, 3.05) is 24.7 Å². The van der Waals surface area contributed by atoms with Gasteiger partial charge in [0.2, 0.25) is 0 Å². The summed E-state index contributed by atoms with van der Waals surface area (Å²) in [5, 5.41) is 48.1. The predicted octanol–water partition coefficient (Wildman–Crippen LogP) is -0.342. The molecular weight excluding hydrogens is 389 g/mol. The summed E-state index contributed by atoms with van der Waals surface area (Å²) in [5.41, 5.74) is -0.960. The van der Waals surface area contributed by atoms with Crippen molar-refractivity contribution >= 4 is 10.9 Å². The van der Waals surface area contributed by atoms with E-state index in [1.54, 1.807) is 0 Å². The highest BCUT2D eigenvalue weighted by Crippen LogP contribution is 2.32. The number of benzene rings is 1. The highest BCUT2D eigenvalue weighted by molar-refractivity contribution is 7.97. The van der Waals surface area contributed by atoms with E-state index in [4.69, 9.17) is 4.74 Å². The first-order valence-electron chi connectivity index (χ1n) is 8.38. The normalized spacial score (nSPS) is 28.3. The fourth-order valence-corrected chi connectivity index (χ4v) is 5.73. The number of alkyl halides is 3. The third-order valence-corrected chi connectivity index (χ3v) is 7.36. The molecule has 6 nitrogen and oxygen atoms in total. The average Bonchev–Trinajstić information content (AvgIpc) is 2.88. The van der Waals surface area contributed by atoms with E-state index >= 15 is 0 Å². The van der Waals surface area contributed by atoms with E-state index < -0.39 is 65.5 Å². The third-order valence-electron chi connectivity index (χ3n) is 4.54. The van der Waals surface area contributed by atoms with Crippen molar-refractivity contribution in [2.45, 2.75) is 42.4 Å². The van der Waals surface area contributed by atoms with Gasteiger partial charge in [0.05, 0.1) is 25.4 Å². The zero-order chi connectivity index (χ0) is 20.2. The molecule has 2 rings (SSSR count). The van der Waals surface area contributed by atoms with E-state index in [1.807, 2.05) is 0 Å². The molecule has 27 heavy (non-hydrogen) atoms. The van der Waals surface area contributed by atoms with Crippen LogP contribution < -0.4 is 0 Å². The molecule has 0 aromatic heterocycles. The maximum atomic E-state index is 13.0.